The Hall–Kier alpha value is -5.17. The molecule has 0 unspecified atom stereocenters. The van der Waals surface area contributed by atoms with Crippen molar-refractivity contribution >= 4 is 40.6 Å². The first-order chi connectivity index (χ1) is 22.1. The zero-order chi connectivity index (χ0) is 31.3. The van der Waals surface area contributed by atoms with Crippen LogP contribution in [0, 0.1) is 17.8 Å². The molecule has 9 heteroatoms. The first kappa shape index (κ1) is 31.3. The van der Waals surface area contributed by atoms with E-state index < -0.39 is 36.0 Å². The van der Waals surface area contributed by atoms with Gasteiger partial charge in [-0.05, 0) is 52.1 Å². The van der Waals surface area contributed by atoms with Crippen LogP contribution in [0.15, 0.2) is 126 Å². The quantitative estimate of drug-likeness (QED) is 0.145. The minimum atomic E-state index is -1.04. The standard InChI is InChI=1S/C36H30N2O5S2/c39-29(21-20-26-12-4-1-5-13-26)32(33(30-18-10-22-44-30)37-35(40)42-24-27-14-6-2-7-15-27)34(31-19-11-23-45-31)38-36(41)43-25-28-16-8-3-9-17-28/h1-19,22-23,32-34H,24-25H2,(H,37,40)(H,38,41)/t33-,34-/m1/s1. The molecule has 0 saturated heterocycles. The van der Waals surface area contributed by atoms with Crippen molar-refractivity contribution in [1.82, 2.24) is 10.6 Å². The lowest BCUT2D eigenvalue weighted by Crippen LogP contribution is -2.44. The summed E-state index contributed by atoms with van der Waals surface area (Å²) in [6.07, 6.45) is -1.41. The molecule has 2 aromatic heterocycles. The normalized spacial score (nSPS) is 11.8. The maximum Gasteiger partial charge on any atom is 0.408 e. The summed E-state index contributed by atoms with van der Waals surface area (Å²) in [5.74, 6) is 4.22. The van der Waals surface area contributed by atoms with E-state index in [4.69, 9.17) is 9.47 Å². The highest BCUT2D eigenvalue weighted by Gasteiger charge is 2.40. The number of ketones is 1. The van der Waals surface area contributed by atoms with Gasteiger partial charge in [0.1, 0.15) is 13.2 Å². The minimum Gasteiger partial charge on any atom is -0.445 e. The first-order valence-corrected chi connectivity index (χ1v) is 15.9. The van der Waals surface area contributed by atoms with Crippen molar-refractivity contribution in [3.63, 3.8) is 0 Å². The lowest BCUT2D eigenvalue weighted by molar-refractivity contribution is -0.119. The number of amides is 2. The van der Waals surface area contributed by atoms with Crippen LogP contribution in [0.2, 0.25) is 0 Å². The highest BCUT2D eigenvalue weighted by Crippen LogP contribution is 2.37. The SMILES string of the molecule is O=C(N[C@H](c1cccs1)C(C(=O)C#Cc1ccccc1)[C@H](NC(=O)OCc1ccccc1)c1cccs1)OCc1ccccc1. The smallest absolute Gasteiger partial charge is 0.408 e. The van der Waals surface area contributed by atoms with Crippen LogP contribution in [0.5, 0.6) is 0 Å². The van der Waals surface area contributed by atoms with E-state index in [0.717, 1.165) is 11.1 Å². The van der Waals surface area contributed by atoms with E-state index in [-0.39, 0.29) is 13.2 Å². The summed E-state index contributed by atoms with van der Waals surface area (Å²) < 4.78 is 11.1. The van der Waals surface area contributed by atoms with E-state index in [2.05, 4.69) is 22.5 Å². The van der Waals surface area contributed by atoms with Gasteiger partial charge in [-0.25, -0.2) is 9.59 Å². The van der Waals surface area contributed by atoms with Crippen molar-refractivity contribution in [3.05, 3.63) is 152 Å². The van der Waals surface area contributed by atoms with Crippen LogP contribution in [0.1, 0.15) is 38.5 Å². The number of thiophene rings is 2. The molecule has 2 amide bonds. The second-order valence-electron chi connectivity index (χ2n) is 9.90. The second-order valence-corrected chi connectivity index (χ2v) is 11.9. The lowest BCUT2D eigenvalue weighted by atomic mass is 9.85. The number of alkyl carbamates (subject to hydrolysis) is 2. The van der Waals surface area contributed by atoms with E-state index >= 15 is 0 Å². The fraction of sp³-hybridized carbons (Fsp3) is 0.139. The van der Waals surface area contributed by atoms with Crippen LogP contribution in [0.4, 0.5) is 9.59 Å². The highest BCUT2D eigenvalue weighted by atomic mass is 32.1. The van der Waals surface area contributed by atoms with Crippen LogP contribution in [0.25, 0.3) is 0 Å². The van der Waals surface area contributed by atoms with E-state index in [1.807, 2.05) is 114 Å². The maximum atomic E-state index is 14.2. The molecule has 0 radical (unpaired) electrons. The topological polar surface area (TPSA) is 93.7 Å². The van der Waals surface area contributed by atoms with E-state index in [9.17, 15) is 14.4 Å². The molecular weight excluding hydrogens is 605 g/mol. The minimum absolute atomic E-state index is 0.0503. The third-order valence-corrected chi connectivity index (χ3v) is 8.71. The van der Waals surface area contributed by atoms with Crippen LogP contribution in [0.3, 0.4) is 0 Å². The summed E-state index contributed by atoms with van der Waals surface area (Å²) in [4.78, 5) is 42.0. The molecule has 0 saturated carbocycles. The van der Waals surface area contributed by atoms with Crippen molar-refractivity contribution in [2.75, 3.05) is 0 Å². The van der Waals surface area contributed by atoms with Crippen LogP contribution >= 0.6 is 22.7 Å². The van der Waals surface area contributed by atoms with Gasteiger partial charge >= 0.3 is 12.2 Å². The average molecular weight is 635 g/mol. The number of rotatable bonds is 11. The molecule has 0 aliphatic carbocycles. The monoisotopic (exact) mass is 634 g/mol. The van der Waals surface area contributed by atoms with Crippen LogP contribution in [-0.4, -0.2) is 18.0 Å². The zero-order valence-electron chi connectivity index (χ0n) is 24.1. The van der Waals surface area contributed by atoms with Crippen molar-refractivity contribution in [1.29, 1.82) is 0 Å². The summed E-state index contributed by atoms with van der Waals surface area (Å²) in [6, 6.07) is 33.3. The molecule has 2 heterocycles. The Morgan fingerprint density at radius 3 is 1.47 bits per heavy atom. The number of hydrogen-bond acceptors (Lipinski definition) is 7. The molecule has 5 rings (SSSR count). The summed E-state index contributed by atoms with van der Waals surface area (Å²) in [5.41, 5.74) is 2.30. The number of hydrogen-bond donors (Lipinski definition) is 2. The van der Waals surface area contributed by atoms with Crippen molar-refractivity contribution in [3.8, 4) is 11.8 Å². The number of Topliss-reactive ketones (excluding diaryl/α,β-unsaturated/α-hetero) is 1. The molecule has 0 aliphatic heterocycles. The van der Waals surface area contributed by atoms with Gasteiger partial charge in [-0.1, -0.05) is 96.9 Å². The van der Waals surface area contributed by atoms with Gasteiger partial charge in [0.2, 0.25) is 5.78 Å². The predicted octanol–water partition coefficient (Wildman–Crippen LogP) is 7.68. The Labute approximate surface area is 269 Å². The van der Waals surface area contributed by atoms with E-state index in [1.54, 1.807) is 12.1 Å². The summed E-state index contributed by atoms with van der Waals surface area (Å²) >= 11 is 2.76. The van der Waals surface area contributed by atoms with Gasteiger partial charge in [0.25, 0.3) is 0 Å². The molecule has 0 fully saturated rings. The average Bonchev–Trinajstić information content (AvgIpc) is 3.82. The third kappa shape index (κ3) is 9.16. The Morgan fingerprint density at radius 2 is 1.04 bits per heavy atom. The summed E-state index contributed by atoms with van der Waals surface area (Å²) in [7, 11) is 0. The van der Waals surface area contributed by atoms with Crippen molar-refractivity contribution in [2.45, 2.75) is 25.3 Å². The maximum absolute atomic E-state index is 14.2. The Kier molecular flexibility index (Phi) is 11.2. The number of ether oxygens (including phenoxy) is 2. The number of carbonyl (C=O) groups excluding carboxylic acids is 3. The second kappa shape index (κ2) is 16.1. The zero-order valence-corrected chi connectivity index (χ0v) is 25.8. The molecular formula is C36H30N2O5S2. The first-order valence-electron chi connectivity index (χ1n) is 14.2. The van der Waals surface area contributed by atoms with Crippen molar-refractivity contribution in [2.24, 2.45) is 5.92 Å². The Balaban J connectivity index is 1.47. The molecule has 0 spiro atoms. The molecule has 0 bridgehead atoms. The van der Waals surface area contributed by atoms with E-state index in [0.29, 0.717) is 15.3 Å². The largest absolute Gasteiger partial charge is 0.445 e. The molecule has 2 atom stereocenters. The lowest BCUT2D eigenvalue weighted by Gasteiger charge is -2.31. The van der Waals surface area contributed by atoms with E-state index in [1.165, 1.54) is 22.7 Å². The van der Waals surface area contributed by atoms with Gasteiger partial charge in [0.05, 0.1) is 18.0 Å². The Bertz CT molecular complexity index is 1620. The van der Waals surface area contributed by atoms with Gasteiger partial charge in [-0.2, -0.15) is 0 Å². The Morgan fingerprint density at radius 1 is 0.600 bits per heavy atom. The molecule has 226 valence electrons. The number of nitrogens with one attached hydrogen (secondary N) is 2. The number of carbonyl (C=O) groups is 3. The molecule has 2 N–H and O–H groups in total. The van der Waals surface area contributed by atoms with Crippen LogP contribution in [-0.2, 0) is 27.5 Å². The summed E-state index contributed by atoms with van der Waals surface area (Å²) in [5, 5.41) is 9.55. The fourth-order valence-electron chi connectivity index (χ4n) is 4.63. The summed E-state index contributed by atoms with van der Waals surface area (Å²) in [6.45, 7) is 0.101. The highest BCUT2D eigenvalue weighted by molar-refractivity contribution is 7.10. The molecule has 0 aliphatic rings. The molecule has 5 aromatic rings. The molecule has 7 nitrogen and oxygen atoms in total. The van der Waals surface area contributed by atoms with Gasteiger partial charge in [0, 0.05) is 15.3 Å². The fourth-order valence-corrected chi connectivity index (χ4v) is 6.28. The van der Waals surface area contributed by atoms with Gasteiger partial charge < -0.3 is 20.1 Å². The number of benzene rings is 3. The van der Waals surface area contributed by atoms with Gasteiger partial charge in [-0.3, -0.25) is 4.79 Å². The predicted molar refractivity (Wildman–Crippen MR) is 175 cm³/mol. The van der Waals surface area contributed by atoms with Gasteiger partial charge in [-0.15, -0.1) is 22.7 Å². The molecule has 45 heavy (non-hydrogen) atoms. The third-order valence-electron chi connectivity index (χ3n) is 6.80. The molecule has 3 aromatic carbocycles. The van der Waals surface area contributed by atoms with Crippen LogP contribution < -0.4 is 10.6 Å². The van der Waals surface area contributed by atoms with Gasteiger partial charge in [0.15, 0.2) is 0 Å². The van der Waals surface area contributed by atoms with Crippen molar-refractivity contribution < 1.29 is 23.9 Å².